The second kappa shape index (κ2) is 9.71. The quantitative estimate of drug-likeness (QED) is 0.464. The average Bonchev–Trinajstić information content (AvgIpc) is 3.14. The fourth-order valence-electron chi connectivity index (χ4n) is 4.87. The van der Waals surface area contributed by atoms with Crippen LogP contribution in [0, 0.1) is 17.6 Å². The van der Waals surface area contributed by atoms with Gasteiger partial charge in [0.15, 0.2) is 5.13 Å². The van der Waals surface area contributed by atoms with E-state index in [9.17, 15) is 17.2 Å². The van der Waals surface area contributed by atoms with Gasteiger partial charge >= 0.3 is 0 Å². The SMILES string of the molecule is O=S(=O)(NC[C@H]1CC[C@H](Nc2nc3c(s2)CCCc2ccc(F)cc2-3)CC1)c1ccccc1F. The van der Waals surface area contributed by atoms with Gasteiger partial charge in [-0.15, -0.1) is 11.3 Å². The zero-order valence-corrected chi connectivity index (χ0v) is 20.3. The fraction of sp³-hybridized carbons (Fsp3) is 0.400. The zero-order chi connectivity index (χ0) is 23.7. The highest BCUT2D eigenvalue weighted by molar-refractivity contribution is 7.89. The lowest BCUT2D eigenvalue weighted by Crippen LogP contribution is -2.34. The highest BCUT2D eigenvalue weighted by Gasteiger charge is 2.26. The summed E-state index contributed by atoms with van der Waals surface area (Å²) in [5.41, 5.74) is 2.95. The number of fused-ring (bicyclic) bond motifs is 3. The molecule has 1 aromatic heterocycles. The number of aromatic nitrogens is 1. The summed E-state index contributed by atoms with van der Waals surface area (Å²) in [5.74, 6) is -0.768. The van der Waals surface area contributed by atoms with Crippen LogP contribution in [0.3, 0.4) is 0 Å². The molecule has 3 aromatic rings. The Bertz CT molecular complexity index is 1290. The number of nitrogens with one attached hydrogen (secondary N) is 2. The number of halogens is 2. The summed E-state index contributed by atoms with van der Waals surface area (Å²) in [6, 6.07) is 10.7. The summed E-state index contributed by atoms with van der Waals surface area (Å²) < 4.78 is 55.2. The molecular formula is C25H27F2N3O2S2. The van der Waals surface area contributed by atoms with Crippen molar-refractivity contribution >= 4 is 26.5 Å². The van der Waals surface area contributed by atoms with Gasteiger partial charge in [-0.25, -0.2) is 26.9 Å². The highest BCUT2D eigenvalue weighted by atomic mass is 32.2. The molecule has 0 amide bonds. The molecule has 0 radical (unpaired) electrons. The number of anilines is 1. The number of sulfonamides is 1. The Morgan fingerprint density at radius 1 is 1.03 bits per heavy atom. The summed E-state index contributed by atoms with van der Waals surface area (Å²) in [4.78, 5) is 5.72. The van der Waals surface area contributed by atoms with E-state index in [1.807, 2.05) is 6.07 Å². The van der Waals surface area contributed by atoms with E-state index >= 15 is 0 Å². The molecule has 1 fully saturated rings. The Labute approximate surface area is 202 Å². The van der Waals surface area contributed by atoms with Crippen LogP contribution in [0.5, 0.6) is 0 Å². The third-order valence-corrected chi connectivity index (χ3v) is 9.24. The minimum atomic E-state index is -3.86. The summed E-state index contributed by atoms with van der Waals surface area (Å²) in [5, 5.41) is 4.42. The number of benzene rings is 2. The normalized spacial score (nSPS) is 20.3. The predicted molar refractivity (Wildman–Crippen MR) is 130 cm³/mol. The first kappa shape index (κ1) is 23.4. The first-order chi connectivity index (χ1) is 16.4. The largest absolute Gasteiger partial charge is 0.359 e. The van der Waals surface area contributed by atoms with E-state index in [-0.39, 0.29) is 22.7 Å². The second-order valence-corrected chi connectivity index (χ2v) is 11.9. The topological polar surface area (TPSA) is 71.1 Å². The van der Waals surface area contributed by atoms with Crippen molar-refractivity contribution in [2.24, 2.45) is 5.92 Å². The number of rotatable bonds is 6. The molecule has 2 aliphatic carbocycles. The van der Waals surface area contributed by atoms with Crippen LogP contribution in [0.1, 0.15) is 42.5 Å². The molecule has 1 saturated carbocycles. The summed E-state index contributed by atoms with van der Waals surface area (Å²) >= 11 is 1.65. The number of hydrogen-bond acceptors (Lipinski definition) is 5. The fourth-order valence-corrected chi connectivity index (χ4v) is 7.16. The molecule has 0 spiro atoms. The molecule has 0 aliphatic heterocycles. The molecule has 34 heavy (non-hydrogen) atoms. The third-order valence-electron chi connectivity index (χ3n) is 6.74. The molecular weight excluding hydrogens is 476 g/mol. The highest BCUT2D eigenvalue weighted by Crippen LogP contribution is 2.38. The van der Waals surface area contributed by atoms with Crippen molar-refractivity contribution in [2.45, 2.75) is 55.9 Å². The molecule has 1 heterocycles. The standard InChI is InChI=1S/C25H27F2N3O2S2/c26-18-11-10-17-4-3-6-22-24(20(17)14-18)30-25(33-22)29-19-12-8-16(9-13-19)15-28-34(31,32)23-7-2-1-5-21(23)27/h1-2,5,7,10-11,14,16,19,28H,3-4,6,8-9,12-13,15H2,(H,29,30)/t16-,19-. The van der Waals surface area contributed by atoms with E-state index in [1.54, 1.807) is 17.4 Å². The molecule has 2 N–H and O–H groups in total. The molecule has 0 unspecified atom stereocenters. The Kier molecular flexibility index (Phi) is 6.68. The molecule has 0 atom stereocenters. The zero-order valence-electron chi connectivity index (χ0n) is 18.7. The van der Waals surface area contributed by atoms with E-state index in [1.165, 1.54) is 29.1 Å². The van der Waals surface area contributed by atoms with E-state index in [0.29, 0.717) is 6.54 Å². The maximum atomic E-state index is 13.9. The minimum absolute atomic E-state index is 0.211. The number of aryl methyl sites for hydroxylation is 2. The molecule has 5 rings (SSSR count). The Morgan fingerprint density at radius 3 is 2.62 bits per heavy atom. The maximum Gasteiger partial charge on any atom is 0.243 e. The number of nitrogens with zero attached hydrogens (tertiary/aromatic N) is 1. The van der Waals surface area contributed by atoms with E-state index < -0.39 is 15.8 Å². The average molecular weight is 504 g/mol. The Morgan fingerprint density at radius 2 is 1.82 bits per heavy atom. The lowest BCUT2D eigenvalue weighted by molar-refractivity contribution is 0.337. The van der Waals surface area contributed by atoms with Crippen LogP contribution >= 0.6 is 11.3 Å². The Hall–Kier alpha value is -2.36. The predicted octanol–water partition coefficient (Wildman–Crippen LogP) is 5.53. The lowest BCUT2D eigenvalue weighted by atomic mass is 9.86. The monoisotopic (exact) mass is 503 g/mol. The van der Waals surface area contributed by atoms with Gasteiger partial charge in [-0.2, -0.15) is 0 Å². The van der Waals surface area contributed by atoms with E-state index in [2.05, 4.69) is 10.0 Å². The second-order valence-electron chi connectivity index (χ2n) is 9.09. The van der Waals surface area contributed by atoms with Crippen molar-refractivity contribution in [3.8, 4) is 11.3 Å². The van der Waals surface area contributed by atoms with Crippen LogP contribution in [-0.2, 0) is 22.9 Å². The molecule has 2 aromatic carbocycles. The van der Waals surface area contributed by atoms with Crippen molar-refractivity contribution < 1.29 is 17.2 Å². The maximum absolute atomic E-state index is 13.9. The third kappa shape index (κ3) is 5.01. The van der Waals surface area contributed by atoms with Crippen LogP contribution in [0.25, 0.3) is 11.3 Å². The van der Waals surface area contributed by atoms with Crippen LogP contribution in [0.2, 0.25) is 0 Å². The van der Waals surface area contributed by atoms with Gasteiger partial charge < -0.3 is 5.32 Å². The summed E-state index contributed by atoms with van der Waals surface area (Å²) in [7, 11) is -3.86. The lowest BCUT2D eigenvalue weighted by Gasteiger charge is -2.29. The van der Waals surface area contributed by atoms with Crippen LogP contribution < -0.4 is 10.0 Å². The van der Waals surface area contributed by atoms with Crippen molar-refractivity contribution in [2.75, 3.05) is 11.9 Å². The number of thiazole rings is 1. The smallest absolute Gasteiger partial charge is 0.243 e. The first-order valence-electron chi connectivity index (χ1n) is 11.7. The molecule has 180 valence electrons. The number of hydrogen-bond donors (Lipinski definition) is 2. The van der Waals surface area contributed by atoms with Gasteiger partial charge in [-0.3, -0.25) is 0 Å². The van der Waals surface area contributed by atoms with Crippen LogP contribution in [-0.4, -0.2) is 26.0 Å². The van der Waals surface area contributed by atoms with Gasteiger partial charge in [0.2, 0.25) is 10.0 Å². The van der Waals surface area contributed by atoms with Gasteiger partial charge in [-0.1, -0.05) is 18.2 Å². The molecule has 5 nitrogen and oxygen atoms in total. The van der Waals surface area contributed by atoms with Gasteiger partial charge in [0.25, 0.3) is 0 Å². The van der Waals surface area contributed by atoms with Gasteiger partial charge in [0.1, 0.15) is 16.5 Å². The van der Waals surface area contributed by atoms with Crippen molar-refractivity contribution in [1.82, 2.24) is 9.71 Å². The van der Waals surface area contributed by atoms with Crippen LogP contribution in [0.4, 0.5) is 13.9 Å². The first-order valence-corrected chi connectivity index (χ1v) is 14.0. The molecule has 9 heteroatoms. The molecule has 0 bridgehead atoms. The van der Waals surface area contributed by atoms with E-state index in [0.717, 1.165) is 73.0 Å². The van der Waals surface area contributed by atoms with Gasteiger partial charge in [-0.05, 0) is 80.7 Å². The van der Waals surface area contributed by atoms with Crippen molar-refractivity contribution in [3.05, 3.63) is 64.5 Å². The Balaban J connectivity index is 1.18. The molecule has 0 saturated heterocycles. The van der Waals surface area contributed by atoms with Crippen molar-refractivity contribution in [3.63, 3.8) is 0 Å². The van der Waals surface area contributed by atoms with Crippen molar-refractivity contribution in [1.29, 1.82) is 0 Å². The summed E-state index contributed by atoms with van der Waals surface area (Å²) in [6.45, 7) is 0.303. The summed E-state index contributed by atoms with van der Waals surface area (Å²) in [6.07, 6.45) is 6.46. The van der Waals surface area contributed by atoms with Gasteiger partial charge in [0.05, 0.1) is 5.69 Å². The molecule has 2 aliphatic rings. The van der Waals surface area contributed by atoms with E-state index in [4.69, 9.17) is 4.98 Å². The van der Waals surface area contributed by atoms with Crippen LogP contribution in [0.15, 0.2) is 47.4 Å². The minimum Gasteiger partial charge on any atom is -0.359 e. The van der Waals surface area contributed by atoms with Gasteiger partial charge in [0, 0.05) is 23.0 Å².